The fraction of sp³-hybridized carbons (Fsp3) is 0.211. The summed E-state index contributed by atoms with van der Waals surface area (Å²) >= 11 is 0. The number of hydrazone groups is 1. The molecule has 3 rings (SSSR count). The fourth-order valence-corrected chi connectivity index (χ4v) is 2.74. The standard InChI is InChI=1S/C19H19N5O5/c1-29-10-4-9-23-18(26)15-5-2-3-6-16(15)21-19(23)22-20-12-13-11-14(24(27)28)7-8-17(13)25/h2-3,5-8,11-12,25H,4,9-10H2,1H3,(H,21,22)/p-1/b20-12-. The fourth-order valence-electron chi connectivity index (χ4n) is 2.74. The van der Waals surface area contributed by atoms with Gasteiger partial charge in [-0.2, -0.15) is 5.10 Å². The molecule has 0 saturated carbocycles. The Hall–Kier alpha value is -3.79. The average Bonchev–Trinajstić information content (AvgIpc) is 2.71. The van der Waals surface area contributed by atoms with Gasteiger partial charge < -0.3 is 9.84 Å². The molecule has 10 heteroatoms. The van der Waals surface area contributed by atoms with Crippen molar-refractivity contribution in [2.24, 2.45) is 5.10 Å². The first kappa shape index (κ1) is 20.0. The first-order chi connectivity index (χ1) is 14.0. The highest BCUT2D eigenvalue weighted by Crippen LogP contribution is 2.19. The number of hydrogen-bond acceptors (Lipinski definition) is 8. The highest BCUT2D eigenvalue weighted by molar-refractivity contribution is 5.85. The molecule has 0 atom stereocenters. The van der Waals surface area contributed by atoms with Crippen LogP contribution in [0.25, 0.3) is 10.9 Å². The van der Waals surface area contributed by atoms with Gasteiger partial charge in [0.1, 0.15) is 0 Å². The van der Waals surface area contributed by atoms with Crippen molar-refractivity contribution < 1.29 is 14.8 Å². The van der Waals surface area contributed by atoms with Crippen LogP contribution in [0.2, 0.25) is 0 Å². The van der Waals surface area contributed by atoms with E-state index in [2.05, 4.69) is 15.5 Å². The molecule has 0 spiro atoms. The van der Waals surface area contributed by atoms with Gasteiger partial charge in [-0.05, 0) is 24.1 Å². The van der Waals surface area contributed by atoms with Crippen molar-refractivity contribution in [1.29, 1.82) is 0 Å². The van der Waals surface area contributed by atoms with Crippen LogP contribution in [0.3, 0.4) is 0 Å². The Balaban J connectivity index is 1.93. The quantitative estimate of drug-likeness (QED) is 0.266. The Bertz CT molecular complexity index is 1130. The van der Waals surface area contributed by atoms with Gasteiger partial charge in [-0.25, -0.2) is 10.4 Å². The number of nitrogens with one attached hydrogen (secondary N) is 1. The van der Waals surface area contributed by atoms with Gasteiger partial charge in [0.25, 0.3) is 11.2 Å². The molecule has 0 fully saturated rings. The van der Waals surface area contributed by atoms with E-state index in [4.69, 9.17) is 4.74 Å². The van der Waals surface area contributed by atoms with Crippen LogP contribution in [0, 0.1) is 10.1 Å². The first-order valence-corrected chi connectivity index (χ1v) is 8.74. The van der Waals surface area contributed by atoms with Crippen molar-refractivity contribution in [3.63, 3.8) is 0 Å². The third-order valence-electron chi connectivity index (χ3n) is 4.16. The second-order valence-electron chi connectivity index (χ2n) is 6.10. The van der Waals surface area contributed by atoms with Gasteiger partial charge in [0.15, 0.2) is 0 Å². The molecule has 3 aromatic rings. The van der Waals surface area contributed by atoms with Gasteiger partial charge in [-0.1, -0.05) is 23.9 Å². The molecule has 1 aromatic heterocycles. The van der Waals surface area contributed by atoms with E-state index < -0.39 is 10.7 Å². The number of nitro groups is 1. The Kier molecular flexibility index (Phi) is 6.15. The van der Waals surface area contributed by atoms with Gasteiger partial charge in [0.05, 0.1) is 22.0 Å². The molecule has 0 radical (unpaired) electrons. The zero-order chi connectivity index (χ0) is 20.8. The van der Waals surface area contributed by atoms with Crippen LogP contribution in [0.4, 0.5) is 11.6 Å². The number of non-ortho nitro benzene ring substituents is 1. The molecule has 0 aliphatic heterocycles. The molecule has 150 valence electrons. The summed E-state index contributed by atoms with van der Waals surface area (Å²) in [7, 11) is 1.57. The largest absolute Gasteiger partial charge is 0.872 e. The Morgan fingerprint density at radius 3 is 2.86 bits per heavy atom. The highest BCUT2D eigenvalue weighted by Gasteiger charge is 2.10. The highest BCUT2D eigenvalue weighted by atomic mass is 16.6. The van der Waals surface area contributed by atoms with Crippen LogP contribution < -0.4 is 16.1 Å². The number of anilines is 1. The summed E-state index contributed by atoms with van der Waals surface area (Å²) in [5.41, 5.74) is 2.76. The summed E-state index contributed by atoms with van der Waals surface area (Å²) in [6, 6.07) is 10.3. The van der Waals surface area contributed by atoms with Crippen LogP contribution in [0.1, 0.15) is 12.0 Å². The molecule has 0 amide bonds. The molecule has 1 heterocycles. The number of ether oxygens (including phenoxy) is 1. The Labute approximate surface area is 165 Å². The van der Waals surface area contributed by atoms with Crippen molar-refractivity contribution >= 4 is 28.8 Å². The molecule has 0 saturated heterocycles. The summed E-state index contributed by atoms with van der Waals surface area (Å²) in [5.74, 6) is -0.218. The van der Waals surface area contributed by atoms with Crippen molar-refractivity contribution in [2.75, 3.05) is 19.1 Å². The van der Waals surface area contributed by atoms with Crippen LogP contribution in [-0.4, -0.2) is 34.4 Å². The molecule has 10 nitrogen and oxygen atoms in total. The molecule has 2 aromatic carbocycles. The molecule has 0 unspecified atom stereocenters. The van der Waals surface area contributed by atoms with Crippen LogP contribution in [0.5, 0.6) is 5.75 Å². The number of para-hydroxylation sites is 1. The lowest BCUT2D eigenvalue weighted by Gasteiger charge is -2.13. The maximum Gasteiger partial charge on any atom is 0.270 e. The predicted molar refractivity (Wildman–Crippen MR) is 106 cm³/mol. The average molecular weight is 396 g/mol. The smallest absolute Gasteiger partial charge is 0.270 e. The minimum atomic E-state index is -0.595. The lowest BCUT2D eigenvalue weighted by atomic mass is 10.2. The van der Waals surface area contributed by atoms with Crippen LogP contribution >= 0.6 is 0 Å². The minimum Gasteiger partial charge on any atom is -0.872 e. The van der Waals surface area contributed by atoms with Gasteiger partial charge in [-0.15, -0.1) is 0 Å². The lowest BCUT2D eigenvalue weighted by molar-refractivity contribution is -0.385. The lowest BCUT2D eigenvalue weighted by Crippen LogP contribution is -2.25. The molecule has 0 aliphatic carbocycles. The first-order valence-electron chi connectivity index (χ1n) is 8.74. The maximum atomic E-state index is 12.8. The summed E-state index contributed by atoms with van der Waals surface area (Å²) in [6.07, 6.45) is 1.75. The van der Waals surface area contributed by atoms with Gasteiger partial charge in [0, 0.05) is 32.4 Å². The van der Waals surface area contributed by atoms with E-state index in [-0.39, 0.29) is 22.8 Å². The number of nitro benzene ring substituents is 1. The molecule has 29 heavy (non-hydrogen) atoms. The summed E-state index contributed by atoms with van der Waals surface area (Å²) in [6.45, 7) is 0.821. The van der Waals surface area contributed by atoms with Crippen LogP contribution in [0.15, 0.2) is 52.4 Å². The second kappa shape index (κ2) is 8.93. The van der Waals surface area contributed by atoms with E-state index in [1.807, 2.05) is 0 Å². The van der Waals surface area contributed by atoms with Crippen molar-refractivity contribution in [1.82, 2.24) is 9.55 Å². The molecular weight excluding hydrogens is 378 g/mol. The van der Waals surface area contributed by atoms with Crippen molar-refractivity contribution in [3.05, 3.63) is 68.5 Å². The molecule has 0 aliphatic rings. The van der Waals surface area contributed by atoms with E-state index >= 15 is 0 Å². The number of hydrogen-bond donors (Lipinski definition) is 1. The minimum absolute atomic E-state index is 0.0424. The number of methoxy groups -OCH3 is 1. The second-order valence-corrected chi connectivity index (χ2v) is 6.10. The predicted octanol–water partition coefficient (Wildman–Crippen LogP) is 1.86. The summed E-state index contributed by atoms with van der Waals surface area (Å²) < 4.78 is 6.47. The monoisotopic (exact) mass is 396 g/mol. The van der Waals surface area contributed by atoms with E-state index in [1.54, 1.807) is 31.4 Å². The zero-order valence-electron chi connectivity index (χ0n) is 15.6. The van der Waals surface area contributed by atoms with E-state index in [9.17, 15) is 20.0 Å². The van der Waals surface area contributed by atoms with Crippen molar-refractivity contribution in [2.45, 2.75) is 13.0 Å². The number of rotatable bonds is 8. The molecular formula is C19H18N5O5-. The third kappa shape index (κ3) is 4.55. The topological polar surface area (TPSA) is 135 Å². The number of benzene rings is 2. The van der Waals surface area contributed by atoms with Crippen LogP contribution in [-0.2, 0) is 11.3 Å². The van der Waals surface area contributed by atoms with E-state index in [0.717, 1.165) is 24.4 Å². The van der Waals surface area contributed by atoms with E-state index in [1.165, 1.54) is 4.57 Å². The number of nitrogens with zero attached hydrogens (tertiary/aromatic N) is 4. The van der Waals surface area contributed by atoms with E-state index in [0.29, 0.717) is 30.5 Å². The van der Waals surface area contributed by atoms with Gasteiger partial charge in [0.2, 0.25) is 5.95 Å². The summed E-state index contributed by atoms with van der Waals surface area (Å²) in [5, 5.41) is 27.2. The SMILES string of the molecule is COCCCn1c(N/N=C\c2cc([N+](=O)[O-])ccc2[O-])nc2ccccc2c1=O. The summed E-state index contributed by atoms with van der Waals surface area (Å²) in [4.78, 5) is 27.5. The number of fused-ring (bicyclic) bond motifs is 1. The molecule has 1 N–H and O–H groups in total. The molecule has 0 bridgehead atoms. The maximum absolute atomic E-state index is 12.8. The van der Waals surface area contributed by atoms with Gasteiger partial charge in [-0.3, -0.25) is 19.5 Å². The number of aromatic nitrogens is 2. The van der Waals surface area contributed by atoms with Gasteiger partial charge >= 0.3 is 0 Å². The normalized spacial score (nSPS) is 11.2. The Morgan fingerprint density at radius 1 is 1.31 bits per heavy atom. The Morgan fingerprint density at radius 2 is 2.10 bits per heavy atom. The van der Waals surface area contributed by atoms with Crippen molar-refractivity contribution in [3.8, 4) is 5.75 Å². The third-order valence-corrected chi connectivity index (χ3v) is 4.16. The zero-order valence-corrected chi connectivity index (χ0v) is 15.6.